The molecule has 138 valence electrons. The Kier molecular flexibility index (Phi) is 5.72. The second-order valence-electron chi connectivity index (χ2n) is 6.26. The third kappa shape index (κ3) is 4.09. The number of carboxylic acid groups (broad SMARTS) is 1. The van der Waals surface area contributed by atoms with Crippen LogP contribution in [0, 0.1) is 6.92 Å². The Bertz CT molecular complexity index is 963. The molecule has 0 aliphatic rings. The number of aromatic carboxylic acids is 1. The number of hydrogen-bond donors (Lipinski definition) is 1. The summed E-state index contributed by atoms with van der Waals surface area (Å²) < 4.78 is 0. The highest BCUT2D eigenvalue weighted by Crippen LogP contribution is 2.38. The van der Waals surface area contributed by atoms with Crippen molar-refractivity contribution in [2.45, 2.75) is 26.8 Å². The smallest absolute Gasteiger partial charge is 0.348 e. The van der Waals surface area contributed by atoms with Crippen LogP contribution >= 0.6 is 11.3 Å². The zero-order valence-electron chi connectivity index (χ0n) is 15.3. The predicted octanol–water partition coefficient (Wildman–Crippen LogP) is 5.36. The van der Waals surface area contributed by atoms with Gasteiger partial charge in [-0.1, -0.05) is 61.5 Å². The van der Waals surface area contributed by atoms with E-state index in [1.165, 1.54) is 11.3 Å². The fourth-order valence-electron chi connectivity index (χ4n) is 2.94. The molecule has 2 aromatic carbocycles. The van der Waals surface area contributed by atoms with Crippen LogP contribution in [0.5, 0.6) is 0 Å². The summed E-state index contributed by atoms with van der Waals surface area (Å²) in [4.78, 5) is 27.2. The fraction of sp³-hybridized carbons (Fsp3) is 0.182. The van der Waals surface area contributed by atoms with Crippen LogP contribution in [-0.4, -0.2) is 17.0 Å². The zero-order valence-corrected chi connectivity index (χ0v) is 16.1. The number of rotatable bonds is 6. The normalized spacial score (nSPS) is 10.6. The molecule has 3 aromatic rings. The van der Waals surface area contributed by atoms with E-state index in [1.807, 2.05) is 67.6 Å². The molecule has 5 heteroatoms. The number of thiophene rings is 1. The quantitative estimate of drug-likeness (QED) is 0.627. The summed E-state index contributed by atoms with van der Waals surface area (Å²) in [5.41, 5.74) is 3.47. The second-order valence-corrected chi connectivity index (χ2v) is 7.31. The number of aryl methyl sites for hydroxylation is 1. The average molecular weight is 379 g/mol. The molecular weight excluding hydrogens is 358 g/mol. The highest BCUT2D eigenvalue weighted by atomic mass is 32.1. The van der Waals surface area contributed by atoms with Crippen molar-refractivity contribution in [3.05, 3.63) is 76.7 Å². The minimum atomic E-state index is -1.02. The number of carbonyl (C=O) groups excluding carboxylic acids is 1. The molecule has 1 aromatic heterocycles. The highest BCUT2D eigenvalue weighted by Gasteiger charge is 2.25. The highest BCUT2D eigenvalue weighted by molar-refractivity contribution is 7.18. The number of hydrogen-bond acceptors (Lipinski definition) is 3. The molecule has 0 saturated carbocycles. The molecule has 0 aliphatic heterocycles. The van der Waals surface area contributed by atoms with Crippen molar-refractivity contribution in [2.24, 2.45) is 0 Å². The largest absolute Gasteiger partial charge is 0.477 e. The van der Waals surface area contributed by atoms with Crippen LogP contribution in [0.25, 0.3) is 10.4 Å². The van der Waals surface area contributed by atoms with Crippen LogP contribution in [0.1, 0.15) is 34.1 Å². The van der Waals surface area contributed by atoms with Crippen LogP contribution in [-0.2, 0) is 11.3 Å². The Hall–Kier alpha value is -2.92. The first-order chi connectivity index (χ1) is 13.0. The van der Waals surface area contributed by atoms with Gasteiger partial charge in [0.2, 0.25) is 5.91 Å². The van der Waals surface area contributed by atoms with E-state index in [-0.39, 0.29) is 10.8 Å². The summed E-state index contributed by atoms with van der Waals surface area (Å²) in [6, 6.07) is 19.3. The van der Waals surface area contributed by atoms with Crippen molar-refractivity contribution in [1.29, 1.82) is 0 Å². The molecule has 0 atom stereocenters. The van der Waals surface area contributed by atoms with Gasteiger partial charge in [0.1, 0.15) is 4.88 Å². The van der Waals surface area contributed by atoms with Crippen molar-refractivity contribution >= 4 is 28.9 Å². The van der Waals surface area contributed by atoms with E-state index in [2.05, 4.69) is 0 Å². The van der Waals surface area contributed by atoms with Gasteiger partial charge in [-0.25, -0.2) is 4.79 Å². The Labute approximate surface area is 162 Å². The first-order valence-electron chi connectivity index (χ1n) is 8.78. The number of nitrogens with zero attached hydrogens (tertiary/aromatic N) is 1. The standard InChI is InChI=1S/C22H21NO3S/c1-3-20(24)23(14-17-12-8-7-9-15(17)2)18-13-19(27-21(18)22(25)26)16-10-5-4-6-11-16/h4-13H,3,14H2,1-2H3,(H,25,26). The molecule has 0 unspecified atom stereocenters. The van der Waals surface area contributed by atoms with Crippen LogP contribution in [0.3, 0.4) is 0 Å². The molecule has 4 nitrogen and oxygen atoms in total. The number of amides is 1. The van der Waals surface area contributed by atoms with Crippen molar-refractivity contribution < 1.29 is 14.7 Å². The Morgan fingerprint density at radius 3 is 2.33 bits per heavy atom. The molecule has 1 heterocycles. The van der Waals surface area contributed by atoms with Crippen molar-refractivity contribution in [2.75, 3.05) is 4.90 Å². The second kappa shape index (κ2) is 8.18. The third-order valence-corrected chi connectivity index (χ3v) is 5.61. The summed E-state index contributed by atoms with van der Waals surface area (Å²) in [7, 11) is 0. The monoisotopic (exact) mass is 379 g/mol. The fourth-order valence-corrected chi connectivity index (χ4v) is 3.94. The number of benzene rings is 2. The lowest BCUT2D eigenvalue weighted by molar-refractivity contribution is -0.118. The van der Waals surface area contributed by atoms with Crippen LogP contribution in [0.2, 0.25) is 0 Å². The summed E-state index contributed by atoms with van der Waals surface area (Å²) in [6.45, 7) is 4.13. The minimum Gasteiger partial charge on any atom is -0.477 e. The first kappa shape index (κ1) is 18.9. The van der Waals surface area contributed by atoms with Crippen LogP contribution in [0.4, 0.5) is 5.69 Å². The van der Waals surface area contributed by atoms with Crippen LogP contribution < -0.4 is 4.90 Å². The molecule has 27 heavy (non-hydrogen) atoms. The van der Waals surface area contributed by atoms with Gasteiger partial charge >= 0.3 is 5.97 Å². The topological polar surface area (TPSA) is 57.6 Å². The maximum atomic E-state index is 12.7. The van der Waals surface area contributed by atoms with Gasteiger partial charge in [0.05, 0.1) is 12.2 Å². The van der Waals surface area contributed by atoms with E-state index >= 15 is 0 Å². The molecule has 3 rings (SSSR count). The number of carbonyl (C=O) groups is 2. The zero-order chi connectivity index (χ0) is 19.4. The Morgan fingerprint density at radius 1 is 1.04 bits per heavy atom. The van der Waals surface area contributed by atoms with Gasteiger partial charge in [-0.05, 0) is 29.7 Å². The van der Waals surface area contributed by atoms with E-state index in [9.17, 15) is 14.7 Å². The lowest BCUT2D eigenvalue weighted by Crippen LogP contribution is -2.30. The van der Waals surface area contributed by atoms with E-state index in [0.29, 0.717) is 18.7 Å². The van der Waals surface area contributed by atoms with Gasteiger partial charge in [0, 0.05) is 11.3 Å². The molecule has 0 fully saturated rings. The number of anilines is 1. The first-order valence-corrected chi connectivity index (χ1v) is 9.60. The summed E-state index contributed by atoms with van der Waals surface area (Å²) in [6.07, 6.45) is 0.307. The van der Waals surface area contributed by atoms with Crippen molar-refractivity contribution in [3.63, 3.8) is 0 Å². The molecule has 0 radical (unpaired) electrons. The maximum Gasteiger partial charge on any atom is 0.348 e. The third-order valence-electron chi connectivity index (χ3n) is 4.45. The summed E-state index contributed by atoms with van der Waals surface area (Å²) >= 11 is 1.20. The van der Waals surface area contributed by atoms with Gasteiger partial charge in [-0.2, -0.15) is 0 Å². The van der Waals surface area contributed by atoms with Gasteiger partial charge in [0.25, 0.3) is 0 Å². The SMILES string of the molecule is CCC(=O)N(Cc1ccccc1C)c1cc(-c2ccccc2)sc1C(=O)O. The predicted molar refractivity (Wildman–Crippen MR) is 109 cm³/mol. The number of carboxylic acids is 1. The average Bonchev–Trinajstić information content (AvgIpc) is 3.13. The van der Waals surface area contributed by atoms with E-state index in [0.717, 1.165) is 21.6 Å². The van der Waals surface area contributed by atoms with Gasteiger partial charge in [-0.3, -0.25) is 4.79 Å². The lowest BCUT2D eigenvalue weighted by Gasteiger charge is -2.23. The van der Waals surface area contributed by atoms with Crippen molar-refractivity contribution in [1.82, 2.24) is 0 Å². The molecule has 0 saturated heterocycles. The minimum absolute atomic E-state index is 0.0989. The van der Waals surface area contributed by atoms with Gasteiger partial charge in [-0.15, -0.1) is 11.3 Å². The molecule has 0 bridgehead atoms. The maximum absolute atomic E-state index is 12.7. The summed E-state index contributed by atoms with van der Waals surface area (Å²) in [5.74, 6) is -1.12. The van der Waals surface area contributed by atoms with Gasteiger partial charge < -0.3 is 10.0 Å². The molecule has 1 amide bonds. The van der Waals surface area contributed by atoms with Gasteiger partial charge in [0.15, 0.2) is 0 Å². The van der Waals surface area contributed by atoms with Crippen LogP contribution in [0.15, 0.2) is 60.7 Å². The molecular formula is C22H21NO3S. The molecule has 1 N–H and O–H groups in total. The molecule has 0 spiro atoms. The van der Waals surface area contributed by atoms with E-state index < -0.39 is 5.97 Å². The Morgan fingerprint density at radius 2 is 1.70 bits per heavy atom. The lowest BCUT2D eigenvalue weighted by atomic mass is 10.1. The molecule has 0 aliphatic carbocycles. The Balaban J connectivity index is 2.08. The van der Waals surface area contributed by atoms with E-state index in [1.54, 1.807) is 11.8 Å². The van der Waals surface area contributed by atoms with Crippen molar-refractivity contribution in [3.8, 4) is 10.4 Å². The summed E-state index contributed by atoms with van der Waals surface area (Å²) in [5, 5.41) is 9.72. The van der Waals surface area contributed by atoms with E-state index in [4.69, 9.17) is 0 Å².